The number of aliphatic hydroxyl groups is 1. The van der Waals surface area contributed by atoms with Gasteiger partial charge in [-0.05, 0) is 29.2 Å². The first kappa shape index (κ1) is 23.2. The van der Waals surface area contributed by atoms with Crippen LogP contribution in [0.1, 0.15) is 38.4 Å². The van der Waals surface area contributed by atoms with Gasteiger partial charge in [-0.3, -0.25) is 0 Å². The zero-order valence-corrected chi connectivity index (χ0v) is 18.8. The van der Waals surface area contributed by atoms with Gasteiger partial charge in [0.1, 0.15) is 24.7 Å². The molecular weight excluding hydrogens is 430 g/mol. The molecular formula is C28H25NO5. The summed E-state index contributed by atoms with van der Waals surface area (Å²) in [5, 5.41) is 20.7. The smallest absolute Gasteiger partial charge is 0.354 e. The van der Waals surface area contributed by atoms with Crippen LogP contribution in [0.4, 0.5) is 0 Å². The first-order valence-electron chi connectivity index (χ1n) is 10.9. The number of aromatic nitrogens is 1. The normalized spacial score (nSPS) is 16.6. The van der Waals surface area contributed by atoms with Gasteiger partial charge in [-0.1, -0.05) is 78.6 Å². The molecule has 34 heavy (non-hydrogen) atoms. The molecule has 1 aromatic heterocycles. The Hall–Kier alpha value is -3.92. The van der Waals surface area contributed by atoms with Crippen LogP contribution < -0.4 is 0 Å². The summed E-state index contributed by atoms with van der Waals surface area (Å²) in [5.41, 5.74) is 2.04. The highest BCUT2D eigenvalue weighted by atomic mass is 16.5. The van der Waals surface area contributed by atoms with E-state index in [0.717, 1.165) is 11.1 Å². The fourth-order valence-electron chi connectivity index (χ4n) is 3.77. The topological polar surface area (TPSA) is 88.9 Å². The van der Waals surface area contributed by atoms with Gasteiger partial charge >= 0.3 is 5.97 Å². The van der Waals surface area contributed by atoms with Gasteiger partial charge in [-0.2, -0.15) is 0 Å². The molecule has 0 radical (unpaired) electrons. The van der Waals surface area contributed by atoms with Gasteiger partial charge in [0, 0.05) is 12.5 Å². The monoisotopic (exact) mass is 455 g/mol. The van der Waals surface area contributed by atoms with Crippen LogP contribution >= 0.6 is 0 Å². The van der Waals surface area contributed by atoms with Crippen molar-refractivity contribution in [1.82, 2.24) is 4.98 Å². The number of carboxylic acid groups (broad SMARTS) is 1. The van der Waals surface area contributed by atoms with E-state index in [2.05, 4.69) is 16.8 Å². The number of aryl methyl sites for hydroxylation is 1. The van der Waals surface area contributed by atoms with E-state index in [0.29, 0.717) is 29.2 Å². The Morgan fingerprint density at radius 3 is 2.35 bits per heavy atom. The van der Waals surface area contributed by atoms with Crippen LogP contribution in [-0.2, 0) is 29.1 Å². The Labute approximate surface area is 198 Å². The van der Waals surface area contributed by atoms with E-state index in [1.807, 2.05) is 60.7 Å². The van der Waals surface area contributed by atoms with Gasteiger partial charge in [-0.15, -0.1) is 0 Å². The van der Waals surface area contributed by atoms with Crippen molar-refractivity contribution >= 4 is 11.7 Å². The highest BCUT2D eigenvalue weighted by Crippen LogP contribution is 2.33. The molecule has 1 heterocycles. The molecule has 6 nitrogen and oxygen atoms in total. The Kier molecular flexibility index (Phi) is 7.07. The number of hydrogen-bond donors (Lipinski definition) is 2. The van der Waals surface area contributed by atoms with Crippen molar-refractivity contribution in [3.05, 3.63) is 106 Å². The fraction of sp³-hybridized carbons (Fsp3) is 0.214. The second-order valence-corrected chi connectivity index (χ2v) is 8.13. The third kappa shape index (κ3) is 5.70. The van der Waals surface area contributed by atoms with Crippen LogP contribution in [0, 0.1) is 18.8 Å². The number of carboxylic acids is 1. The van der Waals surface area contributed by atoms with Crippen LogP contribution in [-0.4, -0.2) is 33.4 Å². The number of nitrogens with zero attached hydrogens (tertiary/aromatic N) is 1. The van der Waals surface area contributed by atoms with Crippen molar-refractivity contribution in [2.75, 3.05) is 6.61 Å². The number of rotatable bonds is 7. The molecule has 2 N–H and O–H groups in total. The van der Waals surface area contributed by atoms with Crippen molar-refractivity contribution < 1.29 is 24.5 Å². The van der Waals surface area contributed by atoms with E-state index >= 15 is 0 Å². The third-order valence-corrected chi connectivity index (χ3v) is 5.39. The van der Waals surface area contributed by atoms with Crippen LogP contribution in [0.5, 0.6) is 0 Å². The van der Waals surface area contributed by atoms with E-state index in [9.17, 15) is 15.0 Å². The van der Waals surface area contributed by atoms with Crippen molar-refractivity contribution in [2.45, 2.75) is 32.2 Å². The molecule has 0 saturated carbocycles. The van der Waals surface area contributed by atoms with E-state index in [1.165, 1.54) is 6.08 Å². The summed E-state index contributed by atoms with van der Waals surface area (Å²) in [6.07, 6.45) is 1.68. The van der Waals surface area contributed by atoms with Crippen molar-refractivity contribution in [1.29, 1.82) is 0 Å². The average molecular weight is 456 g/mol. The highest BCUT2D eigenvalue weighted by molar-refractivity contribution is 5.88. The molecule has 1 aliphatic rings. The number of fused-ring (bicyclic) bond motifs is 1. The number of pyridine rings is 1. The second-order valence-electron chi connectivity index (χ2n) is 8.13. The van der Waals surface area contributed by atoms with E-state index in [4.69, 9.17) is 9.47 Å². The summed E-state index contributed by atoms with van der Waals surface area (Å²) in [5.74, 6) is 4.98. The van der Waals surface area contributed by atoms with Crippen LogP contribution in [0.3, 0.4) is 0 Å². The van der Waals surface area contributed by atoms with Gasteiger partial charge < -0.3 is 19.7 Å². The molecule has 6 heteroatoms. The number of carbonyl (C=O) groups is 1. The minimum Gasteiger partial charge on any atom is -0.487 e. The Morgan fingerprint density at radius 1 is 1.06 bits per heavy atom. The van der Waals surface area contributed by atoms with Crippen molar-refractivity contribution in [2.24, 2.45) is 0 Å². The van der Waals surface area contributed by atoms with Gasteiger partial charge in [0.25, 0.3) is 0 Å². The van der Waals surface area contributed by atoms with Crippen LogP contribution in [0.15, 0.2) is 72.8 Å². The Balaban J connectivity index is 1.56. The maximum Gasteiger partial charge on any atom is 0.354 e. The van der Waals surface area contributed by atoms with E-state index < -0.39 is 11.6 Å². The molecule has 1 atom stereocenters. The van der Waals surface area contributed by atoms with Crippen molar-refractivity contribution in [3.63, 3.8) is 0 Å². The largest absolute Gasteiger partial charge is 0.487 e. The molecule has 1 aliphatic carbocycles. The maximum absolute atomic E-state index is 11.6. The summed E-state index contributed by atoms with van der Waals surface area (Å²) >= 11 is 0. The van der Waals surface area contributed by atoms with Gasteiger partial charge in [0.2, 0.25) is 0 Å². The Morgan fingerprint density at radius 2 is 1.71 bits per heavy atom. The van der Waals surface area contributed by atoms with E-state index in [1.54, 1.807) is 13.0 Å². The first-order chi connectivity index (χ1) is 16.4. The predicted octanol–water partition coefficient (Wildman–Crippen LogP) is 4.15. The zero-order chi connectivity index (χ0) is 24.0. The summed E-state index contributed by atoms with van der Waals surface area (Å²) in [6, 6.07) is 21.1. The molecule has 3 aromatic rings. The Bertz CT molecular complexity index is 1260. The lowest BCUT2D eigenvalue weighted by Gasteiger charge is -2.27. The minimum absolute atomic E-state index is 0.0428. The molecule has 0 fully saturated rings. The molecule has 0 amide bonds. The summed E-state index contributed by atoms with van der Waals surface area (Å²) in [6.45, 7) is 2.52. The summed E-state index contributed by atoms with van der Waals surface area (Å²) in [4.78, 5) is 16.0. The number of ether oxygens (including phenoxy) is 2. The molecule has 0 saturated heterocycles. The SMILES string of the molecule is Cc1cc2c(nc1C(=O)O)C(OCc1ccccc1)=CC(O)(C#CCOCc1ccccc1)C2. The summed E-state index contributed by atoms with van der Waals surface area (Å²) in [7, 11) is 0. The van der Waals surface area contributed by atoms with Crippen molar-refractivity contribution in [3.8, 4) is 11.8 Å². The van der Waals surface area contributed by atoms with Gasteiger partial charge in [0.15, 0.2) is 11.3 Å². The minimum atomic E-state index is -1.49. The molecule has 0 bridgehead atoms. The second kappa shape index (κ2) is 10.3. The number of aromatic carboxylic acids is 1. The lowest BCUT2D eigenvalue weighted by atomic mass is 9.86. The fourth-order valence-corrected chi connectivity index (χ4v) is 3.77. The van der Waals surface area contributed by atoms with Crippen LogP contribution in [0.25, 0.3) is 5.76 Å². The molecule has 1 unspecified atom stereocenters. The molecule has 4 rings (SSSR count). The molecule has 172 valence electrons. The predicted molar refractivity (Wildman–Crippen MR) is 128 cm³/mol. The van der Waals surface area contributed by atoms with Crippen LogP contribution in [0.2, 0.25) is 0 Å². The zero-order valence-electron chi connectivity index (χ0n) is 18.8. The quantitative estimate of drug-likeness (QED) is 0.411. The van der Waals surface area contributed by atoms with Gasteiger partial charge in [0.05, 0.1) is 6.61 Å². The van der Waals surface area contributed by atoms with Gasteiger partial charge in [-0.25, -0.2) is 9.78 Å². The average Bonchev–Trinajstić information content (AvgIpc) is 2.83. The maximum atomic E-state index is 11.6. The first-order valence-corrected chi connectivity index (χ1v) is 10.9. The molecule has 0 spiro atoms. The van der Waals surface area contributed by atoms with E-state index in [-0.39, 0.29) is 25.3 Å². The highest BCUT2D eigenvalue weighted by Gasteiger charge is 2.33. The summed E-state index contributed by atoms with van der Waals surface area (Å²) < 4.78 is 11.6. The number of benzene rings is 2. The third-order valence-electron chi connectivity index (χ3n) is 5.39. The standard InChI is InChI=1S/C28H25NO5/c1-20-15-23-16-28(32,13-8-14-33-18-21-9-4-2-5-10-21)17-24(26(23)29-25(20)27(30)31)34-19-22-11-6-3-7-12-22/h2-7,9-12,15,17,32H,14,16,18-19H2,1H3,(H,30,31). The molecule has 0 aliphatic heterocycles. The lowest BCUT2D eigenvalue weighted by Crippen LogP contribution is -2.32. The number of hydrogen-bond acceptors (Lipinski definition) is 5. The lowest BCUT2D eigenvalue weighted by molar-refractivity contribution is 0.0689. The molecule has 2 aromatic carbocycles.